The standard InChI is InChI=1S/C22H22ClNS/c1-15-7-9-17(10-8-15)21-16(2)24(14-19-11-12-25-22(19)21)13-18-5-3-4-6-20(18)23/h3-12,16,21H,13-14H2,1-2H3. The minimum Gasteiger partial charge on any atom is -0.291 e. The Hall–Kier alpha value is -1.61. The van der Waals surface area contributed by atoms with Crippen LogP contribution in [0.4, 0.5) is 0 Å². The van der Waals surface area contributed by atoms with E-state index in [1.54, 1.807) is 0 Å². The summed E-state index contributed by atoms with van der Waals surface area (Å²) in [5.74, 6) is 0.423. The van der Waals surface area contributed by atoms with E-state index in [0.717, 1.165) is 18.1 Å². The van der Waals surface area contributed by atoms with Gasteiger partial charge in [0.2, 0.25) is 0 Å². The number of halogens is 1. The summed E-state index contributed by atoms with van der Waals surface area (Å²) in [5, 5.41) is 3.09. The SMILES string of the molecule is Cc1ccc(C2c3sccc3CN(Cc3ccccc3Cl)C2C)cc1. The van der Waals surface area contributed by atoms with Gasteiger partial charge in [-0.15, -0.1) is 11.3 Å². The number of hydrogen-bond acceptors (Lipinski definition) is 2. The Kier molecular flexibility index (Phi) is 4.68. The van der Waals surface area contributed by atoms with Gasteiger partial charge in [0.15, 0.2) is 0 Å². The van der Waals surface area contributed by atoms with Crippen LogP contribution < -0.4 is 0 Å². The lowest BCUT2D eigenvalue weighted by molar-refractivity contribution is 0.162. The Morgan fingerprint density at radius 2 is 1.84 bits per heavy atom. The predicted molar refractivity (Wildman–Crippen MR) is 108 cm³/mol. The van der Waals surface area contributed by atoms with Crippen LogP contribution in [0.15, 0.2) is 60.0 Å². The minimum atomic E-state index is 0.423. The van der Waals surface area contributed by atoms with Crippen molar-refractivity contribution in [1.29, 1.82) is 0 Å². The van der Waals surface area contributed by atoms with Gasteiger partial charge in [0.05, 0.1) is 0 Å². The Labute approximate surface area is 158 Å². The molecule has 0 radical (unpaired) electrons. The number of fused-ring (bicyclic) bond motifs is 1. The van der Waals surface area contributed by atoms with E-state index in [1.165, 1.54) is 27.1 Å². The molecule has 1 aliphatic heterocycles. The van der Waals surface area contributed by atoms with Gasteiger partial charge in [-0.05, 0) is 48.1 Å². The fourth-order valence-corrected chi connectivity index (χ4v) is 5.13. The molecule has 2 unspecified atom stereocenters. The summed E-state index contributed by atoms with van der Waals surface area (Å²) in [6.07, 6.45) is 0. The van der Waals surface area contributed by atoms with Crippen LogP contribution in [-0.4, -0.2) is 10.9 Å². The summed E-state index contributed by atoms with van der Waals surface area (Å²) in [7, 11) is 0. The highest BCUT2D eigenvalue weighted by Crippen LogP contribution is 2.41. The van der Waals surface area contributed by atoms with E-state index >= 15 is 0 Å². The van der Waals surface area contributed by atoms with Crippen LogP contribution in [0.25, 0.3) is 0 Å². The molecule has 2 atom stereocenters. The Morgan fingerprint density at radius 3 is 2.60 bits per heavy atom. The molecule has 2 aromatic carbocycles. The van der Waals surface area contributed by atoms with Crippen LogP contribution in [-0.2, 0) is 13.1 Å². The third-order valence-corrected chi connectivity index (χ3v) is 6.67. The van der Waals surface area contributed by atoms with E-state index in [1.807, 2.05) is 23.5 Å². The van der Waals surface area contributed by atoms with E-state index < -0.39 is 0 Å². The van der Waals surface area contributed by atoms with E-state index in [9.17, 15) is 0 Å². The van der Waals surface area contributed by atoms with Gasteiger partial charge in [0.25, 0.3) is 0 Å². The van der Waals surface area contributed by atoms with Crippen molar-refractivity contribution in [2.24, 2.45) is 0 Å². The molecule has 2 heterocycles. The van der Waals surface area contributed by atoms with Gasteiger partial charge in [0, 0.05) is 34.9 Å². The topological polar surface area (TPSA) is 3.24 Å². The first-order valence-electron chi connectivity index (χ1n) is 8.74. The lowest BCUT2D eigenvalue weighted by atomic mass is 9.84. The van der Waals surface area contributed by atoms with Gasteiger partial charge in [-0.1, -0.05) is 59.6 Å². The quantitative estimate of drug-likeness (QED) is 0.529. The van der Waals surface area contributed by atoms with Crippen molar-refractivity contribution >= 4 is 22.9 Å². The van der Waals surface area contributed by atoms with E-state index in [2.05, 4.69) is 66.6 Å². The van der Waals surface area contributed by atoms with E-state index in [4.69, 9.17) is 11.6 Å². The molecule has 0 fully saturated rings. The van der Waals surface area contributed by atoms with Crippen LogP contribution in [0.5, 0.6) is 0 Å². The average Bonchev–Trinajstić information content (AvgIpc) is 3.06. The second-order valence-electron chi connectivity index (χ2n) is 6.94. The van der Waals surface area contributed by atoms with Gasteiger partial charge in [-0.2, -0.15) is 0 Å². The molecule has 4 rings (SSSR count). The summed E-state index contributed by atoms with van der Waals surface area (Å²) in [6.45, 7) is 6.38. The van der Waals surface area contributed by atoms with Crippen LogP contribution in [0.3, 0.4) is 0 Å². The summed E-state index contributed by atoms with van der Waals surface area (Å²) in [5.41, 5.74) is 5.38. The maximum absolute atomic E-state index is 6.42. The van der Waals surface area contributed by atoms with Gasteiger partial charge in [-0.25, -0.2) is 0 Å². The highest BCUT2D eigenvalue weighted by atomic mass is 35.5. The number of thiophene rings is 1. The summed E-state index contributed by atoms with van der Waals surface area (Å²) in [4.78, 5) is 4.08. The molecule has 1 aliphatic rings. The Bertz CT molecular complexity index is 868. The lowest BCUT2D eigenvalue weighted by Gasteiger charge is -2.40. The fraction of sp³-hybridized carbons (Fsp3) is 0.273. The number of benzene rings is 2. The van der Waals surface area contributed by atoms with Gasteiger partial charge in [0.1, 0.15) is 0 Å². The first-order chi connectivity index (χ1) is 12.1. The molecule has 25 heavy (non-hydrogen) atoms. The molecule has 1 aromatic heterocycles. The molecule has 0 aliphatic carbocycles. The van der Waals surface area contributed by atoms with Gasteiger partial charge < -0.3 is 0 Å². The first kappa shape index (κ1) is 16.8. The molecule has 0 N–H and O–H groups in total. The second-order valence-corrected chi connectivity index (χ2v) is 8.29. The molecular formula is C22H22ClNS. The van der Waals surface area contributed by atoms with Gasteiger partial charge >= 0.3 is 0 Å². The lowest BCUT2D eigenvalue weighted by Crippen LogP contribution is -2.40. The van der Waals surface area contributed by atoms with Crippen molar-refractivity contribution in [3.8, 4) is 0 Å². The summed E-state index contributed by atoms with van der Waals surface area (Å²) in [6, 6.07) is 19.9. The second kappa shape index (κ2) is 6.95. The largest absolute Gasteiger partial charge is 0.291 e. The maximum Gasteiger partial charge on any atom is 0.0451 e. The van der Waals surface area contributed by atoms with Crippen molar-refractivity contribution in [1.82, 2.24) is 4.90 Å². The molecule has 128 valence electrons. The molecule has 0 spiro atoms. The molecular weight excluding hydrogens is 346 g/mol. The Balaban J connectivity index is 1.70. The zero-order chi connectivity index (χ0) is 17.4. The molecule has 3 heteroatoms. The average molecular weight is 368 g/mol. The molecule has 0 saturated heterocycles. The summed E-state index contributed by atoms with van der Waals surface area (Å²) >= 11 is 8.31. The number of rotatable bonds is 3. The first-order valence-corrected chi connectivity index (χ1v) is 9.99. The van der Waals surface area contributed by atoms with Crippen LogP contribution >= 0.6 is 22.9 Å². The van der Waals surface area contributed by atoms with Crippen LogP contribution in [0.2, 0.25) is 5.02 Å². The summed E-state index contributed by atoms with van der Waals surface area (Å²) < 4.78 is 0. The zero-order valence-corrected chi connectivity index (χ0v) is 16.1. The highest BCUT2D eigenvalue weighted by Gasteiger charge is 2.34. The molecule has 0 amide bonds. The monoisotopic (exact) mass is 367 g/mol. The number of aryl methyl sites for hydroxylation is 1. The van der Waals surface area contributed by atoms with Crippen molar-refractivity contribution < 1.29 is 0 Å². The fourth-order valence-electron chi connectivity index (χ4n) is 3.79. The van der Waals surface area contributed by atoms with Crippen molar-refractivity contribution in [3.63, 3.8) is 0 Å². The smallest absolute Gasteiger partial charge is 0.0451 e. The molecule has 0 saturated carbocycles. The third kappa shape index (κ3) is 3.27. The van der Waals surface area contributed by atoms with Crippen molar-refractivity contribution in [2.75, 3.05) is 0 Å². The normalized spacial score (nSPS) is 20.4. The zero-order valence-electron chi connectivity index (χ0n) is 14.6. The maximum atomic E-state index is 6.42. The van der Waals surface area contributed by atoms with Crippen LogP contribution in [0, 0.1) is 6.92 Å². The molecule has 0 bridgehead atoms. The van der Waals surface area contributed by atoms with Crippen molar-refractivity contribution in [2.45, 2.75) is 38.9 Å². The van der Waals surface area contributed by atoms with Gasteiger partial charge in [-0.3, -0.25) is 4.90 Å². The van der Waals surface area contributed by atoms with E-state index in [-0.39, 0.29) is 0 Å². The number of nitrogens with zero attached hydrogens (tertiary/aromatic N) is 1. The minimum absolute atomic E-state index is 0.423. The number of hydrogen-bond donors (Lipinski definition) is 0. The molecule has 1 nitrogen and oxygen atoms in total. The predicted octanol–water partition coefficient (Wildman–Crippen LogP) is 6.25. The Morgan fingerprint density at radius 1 is 1.08 bits per heavy atom. The molecule has 3 aromatic rings. The van der Waals surface area contributed by atoms with E-state index in [0.29, 0.717) is 12.0 Å². The third-order valence-electron chi connectivity index (χ3n) is 5.26. The highest BCUT2D eigenvalue weighted by molar-refractivity contribution is 7.10. The van der Waals surface area contributed by atoms with Crippen LogP contribution in [0.1, 0.15) is 40.0 Å². The van der Waals surface area contributed by atoms with Crippen molar-refractivity contribution in [3.05, 3.63) is 92.1 Å².